The predicted octanol–water partition coefficient (Wildman–Crippen LogP) is 4.36. The van der Waals surface area contributed by atoms with Crippen LogP contribution in [0.3, 0.4) is 0 Å². The largest absolute Gasteiger partial charge is 0.497 e. The lowest BCUT2D eigenvalue weighted by Gasteiger charge is -2.08. The van der Waals surface area contributed by atoms with E-state index in [1.165, 1.54) is 18.3 Å². The molecule has 0 aliphatic carbocycles. The van der Waals surface area contributed by atoms with Crippen molar-refractivity contribution >= 4 is 23.0 Å². The standard InChI is InChI=1S/C19H15F2N3O2/c1-26-15-6-2-12(3-7-15)23-14-5-9-18(22-11-14)19(25)24-13-4-8-16(20)17(21)10-13/h2-11,23H,1H3,(H,24,25). The summed E-state index contributed by atoms with van der Waals surface area (Å²) in [4.78, 5) is 16.2. The Hall–Kier alpha value is -3.48. The van der Waals surface area contributed by atoms with Crippen LogP contribution in [0.2, 0.25) is 0 Å². The summed E-state index contributed by atoms with van der Waals surface area (Å²) in [5.74, 6) is -1.78. The highest BCUT2D eigenvalue weighted by Crippen LogP contribution is 2.20. The van der Waals surface area contributed by atoms with Gasteiger partial charge in [-0.2, -0.15) is 0 Å². The highest BCUT2D eigenvalue weighted by Gasteiger charge is 2.10. The summed E-state index contributed by atoms with van der Waals surface area (Å²) < 4.78 is 31.2. The van der Waals surface area contributed by atoms with Crippen LogP contribution >= 0.6 is 0 Å². The van der Waals surface area contributed by atoms with Crippen molar-refractivity contribution in [2.75, 3.05) is 17.7 Å². The van der Waals surface area contributed by atoms with Gasteiger partial charge < -0.3 is 15.4 Å². The van der Waals surface area contributed by atoms with Crippen LogP contribution in [0.1, 0.15) is 10.5 Å². The predicted molar refractivity (Wildman–Crippen MR) is 94.8 cm³/mol. The summed E-state index contributed by atoms with van der Waals surface area (Å²) in [5, 5.41) is 5.61. The van der Waals surface area contributed by atoms with E-state index in [0.29, 0.717) is 5.69 Å². The van der Waals surface area contributed by atoms with Crippen LogP contribution in [0.4, 0.5) is 25.8 Å². The number of hydrogen-bond acceptors (Lipinski definition) is 4. The summed E-state index contributed by atoms with van der Waals surface area (Å²) in [5.41, 5.74) is 1.83. The van der Waals surface area contributed by atoms with E-state index in [0.717, 1.165) is 23.6 Å². The van der Waals surface area contributed by atoms with Gasteiger partial charge in [0, 0.05) is 17.4 Å². The molecule has 0 atom stereocenters. The van der Waals surface area contributed by atoms with Crippen molar-refractivity contribution in [3.05, 3.63) is 78.1 Å². The molecule has 2 aromatic carbocycles. The highest BCUT2D eigenvalue weighted by atomic mass is 19.2. The molecular formula is C19H15F2N3O2. The molecule has 0 bridgehead atoms. The minimum atomic E-state index is -1.03. The maximum atomic E-state index is 13.2. The second-order valence-electron chi connectivity index (χ2n) is 5.37. The number of amides is 1. The lowest BCUT2D eigenvalue weighted by molar-refractivity contribution is 0.102. The summed E-state index contributed by atoms with van der Waals surface area (Å²) in [6.45, 7) is 0. The van der Waals surface area contributed by atoms with E-state index in [1.54, 1.807) is 13.2 Å². The van der Waals surface area contributed by atoms with Crippen molar-refractivity contribution in [1.29, 1.82) is 0 Å². The Morgan fingerprint density at radius 2 is 1.62 bits per heavy atom. The second-order valence-corrected chi connectivity index (χ2v) is 5.37. The molecule has 26 heavy (non-hydrogen) atoms. The Balaban J connectivity index is 1.66. The van der Waals surface area contributed by atoms with E-state index in [2.05, 4.69) is 15.6 Å². The Labute approximate surface area is 148 Å². The number of nitrogens with one attached hydrogen (secondary N) is 2. The number of pyridine rings is 1. The van der Waals surface area contributed by atoms with Gasteiger partial charge in [0.15, 0.2) is 11.6 Å². The molecule has 0 spiro atoms. The van der Waals surface area contributed by atoms with Crippen molar-refractivity contribution in [1.82, 2.24) is 4.98 Å². The van der Waals surface area contributed by atoms with Gasteiger partial charge in [0.1, 0.15) is 11.4 Å². The van der Waals surface area contributed by atoms with Gasteiger partial charge in [-0.3, -0.25) is 4.79 Å². The van der Waals surface area contributed by atoms with Gasteiger partial charge in [-0.1, -0.05) is 0 Å². The third-order valence-corrected chi connectivity index (χ3v) is 3.55. The fraction of sp³-hybridized carbons (Fsp3) is 0.0526. The van der Waals surface area contributed by atoms with Crippen LogP contribution in [-0.2, 0) is 0 Å². The van der Waals surface area contributed by atoms with Crippen LogP contribution in [0, 0.1) is 11.6 Å². The van der Waals surface area contributed by atoms with E-state index in [-0.39, 0.29) is 11.4 Å². The number of methoxy groups -OCH3 is 1. The molecule has 1 amide bonds. The lowest BCUT2D eigenvalue weighted by atomic mass is 10.2. The number of ether oxygens (including phenoxy) is 1. The first kappa shape index (κ1) is 17.3. The Bertz CT molecular complexity index is 913. The SMILES string of the molecule is COc1ccc(Nc2ccc(C(=O)Nc3ccc(F)c(F)c3)nc2)cc1. The van der Waals surface area contributed by atoms with Gasteiger partial charge >= 0.3 is 0 Å². The molecule has 0 aliphatic rings. The van der Waals surface area contributed by atoms with Crippen molar-refractivity contribution < 1.29 is 18.3 Å². The van der Waals surface area contributed by atoms with Gasteiger partial charge in [-0.15, -0.1) is 0 Å². The van der Waals surface area contributed by atoms with Gasteiger partial charge in [-0.25, -0.2) is 13.8 Å². The highest BCUT2D eigenvalue weighted by molar-refractivity contribution is 6.02. The van der Waals surface area contributed by atoms with Crippen molar-refractivity contribution in [2.45, 2.75) is 0 Å². The molecular weight excluding hydrogens is 340 g/mol. The lowest BCUT2D eigenvalue weighted by Crippen LogP contribution is -2.13. The number of benzene rings is 2. The maximum Gasteiger partial charge on any atom is 0.274 e. The zero-order valence-corrected chi connectivity index (χ0v) is 13.8. The average Bonchev–Trinajstić information content (AvgIpc) is 2.66. The number of nitrogens with zero attached hydrogens (tertiary/aromatic N) is 1. The number of carbonyl (C=O) groups is 1. The minimum Gasteiger partial charge on any atom is -0.497 e. The minimum absolute atomic E-state index is 0.148. The molecule has 0 saturated heterocycles. The molecule has 0 fully saturated rings. The average molecular weight is 355 g/mol. The first-order valence-corrected chi connectivity index (χ1v) is 7.69. The maximum absolute atomic E-state index is 13.2. The van der Waals surface area contributed by atoms with E-state index in [1.807, 2.05) is 24.3 Å². The number of halogens is 2. The van der Waals surface area contributed by atoms with Crippen LogP contribution in [-0.4, -0.2) is 18.0 Å². The molecule has 0 aliphatic heterocycles. The molecule has 7 heteroatoms. The fourth-order valence-electron chi connectivity index (χ4n) is 2.21. The Morgan fingerprint density at radius 3 is 2.23 bits per heavy atom. The quantitative estimate of drug-likeness (QED) is 0.714. The third kappa shape index (κ3) is 4.13. The van der Waals surface area contributed by atoms with Gasteiger partial charge in [-0.05, 0) is 48.5 Å². The first-order valence-electron chi connectivity index (χ1n) is 7.69. The summed E-state index contributed by atoms with van der Waals surface area (Å²) in [7, 11) is 1.59. The molecule has 1 aromatic heterocycles. The normalized spacial score (nSPS) is 10.3. The van der Waals surface area contributed by atoms with Crippen molar-refractivity contribution in [3.8, 4) is 5.75 Å². The molecule has 2 N–H and O–H groups in total. The van der Waals surface area contributed by atoms with Crippen LogP contribution in [0.5, 0.6) is 5.75 Å². The number of anilines is 3. The van der Waals surface area contributed by atoms with E-state index < -0.39 is 17.5 Å². The van der Waals surface area contributed by atoms with Crippen molar-refractivity contribution in [2.24, 2.45) is 0 Å². The smallest absolute Gasteiger partial charge is 0.274 e. The van der Waals surface area contributed by atoms with Crippen LogP contribution in [0.25, 0.3) is 0 Å². The summed E-state index contributed by atoms with van der Waals surface area (Å²) >= 11 is 0. The zero-order valence-electron chi connectivity index (χ0n) is 13.8. The Morgan fingerprint density at radius 1 is 0.923 bits per heavy atom. The fourth-order valence-corrected chi connectivity index (χ4v) is 2.21. The Kier molecular flexibility index (Phi) is 5.07. The molecule has 0 radical (unpaired) electrons. The first-order chi connectivity index (χ1) is 12.5. The van der Waals surface area contributed by atoms with Gasteiger partial charge in [0.25, 0.3) is 5.91 Å². The van der Waals surface area contributed by atoms with Crippen LogP contribution in [0.15, 0.2) is 60.8 Å². The molecule has 3 rings (SSSR count). The van der Waals surface area contributed by atoms with Gasteiger partial charge in [0.2, 0.25) is 0 Å². The monoisotopic (exact) mass is 355 g/mol. The molecule has 5 nitrogen and oxygen atoms in total. The zero-order chi connectivity index (χ0) is 18.5. The van der Waals surface area contributed by atoms with E-state index in [4.69, 9.17) is 4.74 Å². The van der Waals surface area contributed by atoms with Crippen LogP contribution < -0.4 is 15.4 Å². The summed E-state index contributed by atoms with van der Waals surface area (Å²) in [6, 6.07) is 13.7. The molecule has 1 heterocycles. The molecule has 0 saturated carbocycles. The summed E-state index contributed by atoms with van der Waals surface area (Å²) in [6.07, 6.45) is 1.50. The second kappa shape index (κ2) is 7.60. The third-order valence-electron chi connectivity index (χ3n) is 3.55. The topological polar surface area (TPSA) is 63.2 Å². The molecule has 0 unspecified atom stereocenters. The van der Waals surface area contributed by atoms with Gasteiger partial charge in [0.05, 0.1) is 19.0 Å². The number of aromatic nitrogens is 1. The van der Waals surface area contributed by atoms with E-state index in [9.17, 15) is 13.6 Å². The van der Waals surface area contributed by atoms with E-state index >= 15 is 0 Å². The molecule has 132 valence electrons. The molecule has 3 aromatic rings. The van der Waals surface area contributed by atoms with Crippen molar-refractivity contribution in [3.63, 3.8) is 0 Å². The number of rotatable bonds is 5. The number of carbonyl (C=O) groups excluding carboxylic acids is 1. The number of hydrogen-bond donors (Lipinski definition) is 2.